The molecule has 3 aromatic heterocycles. The van der Waals surface area contributed by atoms with Crippen LogP contribution in [0.3, 0.4) is 0 Å². The quantitative estimate of drug-likeness (QED) is 0.488. The summed E-state index contributed by atoms with van der Waals surface area (Å²) >= 11 is 1.42. The van der Waals surface area contributed by atoms with Crippen LogP contribution in [0.15, 0.2) is 51.8 Å². The van der Waals surface area contributed by atoms with Crippen molar-refractivity contribution in [2.45, 2.75) is 33.2 Å². The average molecular weight is 417 g/mol. The van der Waals surface area contributed by atoms with Gasteiger partial charge in [-0.2, -0.15) is 0 Å². The van der Waals surface area contributed by atoms with Crippen LogP contribution in [0.2, 0.25) is 0 Å². The van der Waals surface area contributed by atoms with Gasteiger partial charge in [0.1, 0.15) is 11.6 Å². The Morgan fingerprint density at radius 3 is 2.67 bits per heavy atom. The molecular formula is C23H19N3O3S. The Balaban J connectivity index is 1.82. The third-order valence-electron chi connectivity index (χ3n) is 5.53. The molecule has 30 heavy (non-hydrogen) atoms. The monoisotopic (exact) mass is 417 g/mol. The number of hydrogen-bond acceptors (Lipinski definition) is 6. The lowest BCUT2D eigenvalue weighted by molar-refractivity contribution is 0.0970. The van der Waals surface area contributed by atoms with E-state index >= 15 is 0 Å². The summed E-state index contributed by atoms with van der Waals surface area (Å²) in [6.07, 6.45) is 2.46. The van der Waals surface area contributed by atoms with Gasteiger partial charge in [0, 0.05) is 11.1 Å². The van der Waals surface area contributed by atoms with Crippen molar-refractivity contribution in [1.29, 1.82) is 0 Å². The molecular weight excluding hydrogens is 398 g/mol. The molecule has 0 saturated carbocycles. The van der Waals surface area contributed by atoms with Gasteiger partial charge in [-0.25, -0.2) is 4.98 Å². The van der Waals surface area contributed by atoms with Gasteiger partial charge in [0.25, 0.3) is 5.91 Å². The highest BCUT2D eigenvalue weighted by molar-refractivity contribution is 7.15. The highest BCUT2D eigenvalue weighted by Gasteiger charge is 2.45. The first kappa shape index (κ1) is 18.7. The van der Waals surface area contributed by atoms with E-state index in [4.69, 9.17) is 4.42 Å². The number of fused-ring (bicyclic) bond motifs is 2. The van der Waals surface area contributed by atoms with Crippen molar-refractivity contribution in [1.82, 2.24) is 9.97 Å². The summed E-state index contributed by atoms with van der Waals surface area (Å²) in [5.41, 5.74) is 3.04. The van der Waals surface area contributed by atoms with E-state index in [1.807, 2.05) is 45.0 Å². The largest absolute Gasteiger partial charge is 0.450 e. The minimum Gasteiger partial charge on any atom is -0.450 e. The number of benzene rings is 1. The van der Waals surface area contributed by atoms with Crippen molar-refractivity contribution in [3.8, 4) is 0 Å². The number of hydrogen-bond donors (Lipinski definition) is 0. The van der Waals surface area contributed by atoms with Crippen molar-refractivity contribution in [3.63, 3.8) is 0 Å². The van der Waals surface area contributed by atoms with Crippen molar-refractivity contribution in [2.75, 3.05) is 4.90 Å². The zero-order chi connectivity index (χ0) is 21.0. The van der Waals surface area contributed by atoms with E-state index in [2.05, 4.69) is 9.97 Å². The molecule has 0 fully saturated rings. The lowest BCUT2D eigenvalue weighted by Crippen LogP contribution is -2.30. The molecule has 7 heteroatoms. The van der Waals surface area contributed by atoms with Gasteiger partial charge >= 0.3 is 0 Å². The molecule has 0 N–H and O–H groups in total. The Labute approximate surface area is 176 Å². The van der Waals surface area contributed by atoms with Gasteiger partial charge in [-0.05, 0) is 50.1 Å². The third kappa shape index (κ3) is 2.69. The summed E-state index contributed by atoms with van der Waals surface area (Å²) in [6.45, 7) is 5.90. The Kier molecular flexibility index (Phi) is 4.29. The molecule has 0 spiro atoms. The van der Waals surface area contributed by atoms with Crippen LogP contribution in [0, 0.1) is 13.8 Å². The molecule has 0 radical (unpaired) electrons. The lowest BCUT2D eigenvalue weighted by atomic mass is 10.0. The predicted octanol–water partition coefficient (Wildman–Crippen LogP) is 4.57. The number of thiazole rings is 1. The summed E-state index contributed by atoms with van der Waals surface area (Å²) in [5, 5.41) is 1.02. The second-order valence-electron chi connectivity index (χ2n) is 7.33. The zero-order valence-electron chi connectivity index (χ0n) is 16.8. The lowest BCUT2D eigenvalue weighted by Gasteiger charge is -2.21. The molecule has 1 aliphatic rings. The van der Waals surface area contributed by atoms with Crippen LogP contribution >= 0.6 is 11.3 Å². The van der Waals surface area contributed by atoms with Crippen LogP contribution in [0.5, 0.6) is 0 Å². The molecule has 0 bridgehead atoms. The third-order valence-corrected chi connectivity index (χ3v) is 6.61. The van der Waals surface area contributed by atoms with Gasteiger partial charge in [0.2, 0.25) is 5.76 Å². The highest BCUT2D eigenvalue weighted by Crippen LogP contribution is 2.42. The SMILES string of the molecule is CCc1ccc2oc3c(c(=O)c2c1)C(c1ccccn1)N(c1nc(C)c(C)s1)C3=O. The van der Waals surface area contributed by atoms with Crippen LogP contribution in [0.25, 0.3) is 11.0 Å². The molecule has 5 rings (SSSR count). The molecule has 1 unspecified atom stereocenters. The predicted molar refractivity (Wildman–Crippen MR) is 116 cm³/mol. The smallest absolute Gasteiger partial charge is 0.297 e. The van der Waals surface area contributed by atoms with Crippen LogP contribution in [0.4, 0.5) is 5.13 Å². The minimum atomic E-state index is -0.676. The van der Waals surface area contributed by atoms with Crippen LogP contribution in [-0.2, 0) is 6.42 Å². The number of carbonyl (C=O) groups is 1. The van der Waals surface area contributed by atoms with Gasteiger partial charge in [0.15, 0.2) is 10.6 Å². The molecule has 4 heterocycles. The number of pyridine rings is 1. The standard InChI is InChI=1S/C23H19N3O3S/c1-4-14-8-9-17-15(11-14)20(27)18-19(16-7-5-6-10-24-16)26(22(28)21(18)29-17)23-25-12(2)13(3)30-23/h5-11,19H,4H2,1-3H3. The number of carbonyl (C=O) groups excluding carboxylic acids is 1. The van der Waals surface area contributed by atoms with Crippen molar-refractivity contribution in [3.05, 3.63) is 86.0 Å². The average Bonchev–Trinajstić information content (AvgIpc) is 3.25. The maximum Gasteiger partial charge on any atom is 0.297 e. The van der Waals surface area contributed by atoms with Crippen molar-refractivity contribution >= 4 is 33.3 Å². The Morgan fingerprint density at radius 1 is 1.17 bits per heavy atom. The van der Waals surface area contributed by atoms with E-state index in [0.717, 1.165) is 22.6 Å². The van der Waals surface area contributed by atoms with E-state index in [9.17, 15) is 9.59 Å². The molecule has 0 saturated heterocycles. The van der Waals surface area contributed by atoms with Crippen LogP contribution in [0.1, 0.15) is 50.9 Å². The van der Waals surface area contributed by atoms with E-state index in [-0.39, 0.29) is 17.1 Å². The normalized spacial score (nSPS) is 15.8. The summed E-state index contributed by atoms with van der Waals surface area (Å²) in [5.74, 6) is -0.300. The number of nitrogens with zero attached hydrogens (tertiary/aromatic N) is 3. The van der Waals surface area contributed by atoms with Crippen LogP contribution < -0.4 is 10.3 Å². The number of rotatable bonds is 3. The fourth-order valence-corrected chi connectivity index (χ4v) is 4.75. The number of aromatic nitrogens is 2. The Hall–Kier alpha value is -3.32. The summed E-state index contributed by atoms with van der Waals surface area (Å²) in [7, 11) is 0. The topological polar surface area (TPSA) is 76.3 Å². The van der Waals surface area contributed by atoms with Crippen molar-refractivity contribution in [2.24, 2.45) is 0 Å². The first-order valence-electron chi connectivity index (χ1n) is 9.77. The van der Waals surface area contributed by atoms with E-state index < -0.39 is 6.04 Å². The second-order valence-corrected chi connectivity index (χ2v) is 8.51. The number of anilines is 1. The highest BCUT2D eigenvalue weighted by atomic mass is 32.1. The maximum absolute atomic E-state index is 13.6. The van der Waals surface area contributed by atoms with Gasteiger partial charge in [-0.1, -0.05) is 19.1 Å². The van der Waals surface area contributed by atoms with Gasteiger partial charge in [-0.15, -0.1) is 11.3 Å². The first-order valence-corrected chi connectivity index (χ1v) is 10.6. The van der Waals surface area contributed by atoms with Crippen molar-refractivity contribution < 1.29 is 9.21 Å². The van der Waals surface area contributed by atoms with E-state index in [0.29, 0.717) is 27.4 Å². The Bertz CT molecular complexity index is 1340. The summed E-state index contributed by atoms with van der Waals surface area (Å²) < 4.78 is 6.00. The number of aryl methyl sites for hydroxylation is 3. The van der Waals surface area contributed by atoms with Gasteiger partial charge in [-0.3, -0.25) is 19.5 Å². The summed E-state index contributed by atoms with van der Waals surface area (Å²) in [6, 6.07) is 10.3. The van der Waals surface area contributed by atoms with E-state index in [1.165, 1.54) is 11.3 Å². The summed E-state index contributed by atoms with van der Waals surface area (Å²) in [4.78, 5) is 38.6. The van der Waals surface area contributed by atoms with Gasteiger partial charge < -0.3 is 4.42 Å². The number of amides is 1. The maximum atomic E-state index is 13.6. The van der Waals surface area contributed by atoms with E-state index in [1.54, 1.807) is 23.2 Å². The molecule has 1 amide bonds. The molecule has 1 atom stereocenters. The van der Waals surface area contributed by atoms with Crippen LogP contribution in [-0.4, -0.2) is 15.9 Å². The molecule has 6 nitrogen and oxygen atoms in total. The fourth-order valence-electron chi connectivity index (χ4n) is 3.81. The fraction of sp³-hybridized carbons (Fsp3) is 0.217. The molecule has 1 aromatic carbocycles. The minimum absolute atomic E-state index is 0.0675. The molecule has 1 aliphatic heterocycles. The van der Waals surface area contributed by atoms with Gasteiger partial charge in [0.05, 0.1) is 22.3 Å². The molecule has 4 aromatic rings. The second kappa shape index (κ2) is 6.88. The molecule has 150 valence electrons. The first-order chi connectivity index (χ1) is 14.5. The molecule has 0 aliphatic carbocycles. The Morgan fingerprint density at radius 2 is 2.00 bits per heavy atom. The zero-order valence-corrected chi connectivity index (χ0v) is 17.6.